The van der Waals surface area contributed by atoms with Crippen molar-refractivity contribution in [2.24, 2.45) is 0 Å². The van der Waals surface area contributed by atoms with E-state index in [1.807, 2.05) is 12.1 Å². The van der Waals surface area contributed by atoms with Gasteiger partial charge in [-0.2, -0.15) is 0 Å². The topological polar surface area (TPSA) is 70.5 Å². The number of carbonyl (C=O) groups excluding carboxylic acids is 1. The summed E-state index contributed by atoms with van der Waals surface area (Å²) in [6, 6.07) is 3.69. The molecule has 1 saturated heterocycles. The lowest BCUT2D eigenvalue weighted by atomic mass is 10.2. The van der Waals surface area contributed by atoms with Crippen molar-refractivity contribution in [1.29, 1.82) is 0 Å². The van der Waals surface area contributed by atoms with Gasteiger partial charge >= 0.3 is 5.97 Å². The molecule has 0 aromatic carbocycles. The lowest BCUT2D eigenvalue weighted by Crippen LogP contribution is -2.29. The summed E-state index contributed by atoms with van der Waals surface area (Å²) in [6.07, 6.45) is 7.47. The van der Waals surface area contributed by atoms with Crippen LogP contribution >= 0.6 is 24.0 Å². The Hall–Kier alpha value is -1.73. The predicted octanol–water partition coefficient (Wildman–Crippen LogP) is 2.93. The molecule has 22 heavy (non-hydrogen) atoms. The van der Waals surface area contributed by atoms with Crippen molar-refractivity contribution in [1.82, 2.24) is 9.88 Å². The summed E-state index contributed by atoms with van der Waals surface area (Å²) >= 11 is 6.54. The van der Waals surface area contributed by atoms with Gasteiger partial charge in [0.2, 0.25) is 0 Å². The van der Waals surface area contributed by atoms with E-state index < -0.39 is 5.97 Å². The molecule has 116 valence electrons. The van der Waals surface area contributed by atoms with E-state index in [1.54, 1.807) is 23.4 Å². The lowest BCUT2D eigenvalue weighted by Gasteiger charge is -2.13. The number of carboxylic acids is 1. The third-order valence-electron chi connectivity index (χ3n) is 3.13. The van der Waals surface area contributed by atoms with E-state index in [2.05, 4.69) is 4.98 Å². The molecule has 0 unspecified atom stereocenters. The zero-order chi connectivity index (χ0) is 15.9. The Balaban J connectivity index is 1.89. The van der Waals surface area contributed by atoms with Crippen molar-refractivity contribution in [3.05, 3.63) is 35.0 Å². The number of thiocarbonyl (C=S) groups is 1. The van der Waals surface area contributed by atoms with Crippen molar-refractivity contribution in [2.75, 3.05) is 6.54 Å². The highest BCUT2D eigenvalue weighted by Crippen LogP contribution is 2.32. The number of aliphatic carboxylic acids is 1. The van der Waals surface area contributed by atoms with Crippen LogP contribution in [0.5, 0.6) is 0 Å². The molecule has 0 aliphatic carbocycles. The Kier molecular flexibility index (Phi) is 6.09. The molecule has 1 aliphatic rings. The van der Waals surface area contributed by atoms with E-state index in [0.29, 0.717) is 22.2 Å². The standard InChI is InChI=1S/C15H16N2O3S2/c18-13(19)6-2-1-3-8-17-14(20)12(22-15(17)21)9-11-5-4-7-16-10-11/h4-5,7,9-10H,1-3,6,8H2,(H,18,19). The molecule has 0 spiro atoms. The SMILES string of the molecule is O=C(O)CCCCCN1C(=O)C(=Cc2cccnc2)SC1=S. The van der Waals surface area contributed by atoms with Gasteiger partial charge in [-0.05, 0) is 30.5 Å². The summed E-state index contributed by atoms with van der Waals surface area (Å²) in [5.74, 6) is -0.873. The van der Waals surface area contributed by atoms with Gasteiger partial charge in [0, 0.05) is 25.4 Å². The van der Waals surface area contributed by atoms with Crippen molar-refractivity contribution in [2.45, 2.75) is 25.7 Å². The fraction of sp³-hybridized carbons (Fsp3) is 0.333. The average Bonchev–Trinajstić information content (AvgIpc) is 2.75. The molecule has 2 rings (SSSR count). The third-order valence-corrected chi connectivity index (χ3v) is 4.51. The van der Waals surface area contributed by atoms with Crippen LogP contribution in [0.15, 0.2) is 29.4 Å². The quantitative estimate of drug-likeness (QED) is 0.469. The van der Waals surface area contributed by atoms with Gasteiger partial charge in [0.15, 0.2) is 0 Å². The number of rotatable bonds is 7. The number of pyridine rings is 1. The van der Waals surface area contributed by atoms with Gasteiger partial charge < -0.3 is 5.11 Å². The fourth-order valence-electron chi connectivity index (χ4n) is 2.03. The van der Waals surface area contributed by atoms with Crippen LogP contribution in [0.3, 0.4) is 0 Å². The van der Waals surface area contributed by atoms with Gasteiger partial charge in [-0.1, -0.05) is 36.5 Å². The molecular formula is C15H16N2O3S2. The Morgan fingerprint density at radius 2 is 2.23 bits per heavy atom. The first-order chi connectivity index (χ1) is 10.6. The number of hydrogen-bond acceptors (Lipinski definition) is 5. The zero-order valence-electron chi connectivity index (χ0n) is 11.9. The minimum atomic E-state index is -0.787. The van der Waals surface area contributed by atoms with Crippen LogP contribution in [-0.4, -0.2) is 37.7 Å². The number of thioether (sulfide) groups is 1. The Bertz CT molecular complexity index is 602. The van der Waals surface area contributed by atoms with Crippen LogP contribution < -0.4 is 0 Å². The summed E-state index contributed by atoms with van der Waals surface area (Å²) in [6.45, 7) is 0.536. The molecular weight excluding hydrogens is 320 g/mol. The number of hydrogen-bond donors (Lipinski definition) is 1. The molecule has 0 radical (unpaired) electrons. The molecule has 1 fully saturated rings. The zero-order valence-corrected chi connectivity index (χ0v) is 13.5. The first-order valence-corrected chi connectivity index (χ1v) is 8.17. The average molecular weight is 336 g/mol. The summed E-state index contributed by atoms with van der Waals surface area (Å²) in [7, 11) is 0. The minimum Gasteiger partial charge on any atom is -0.481 e. The van der Waals surface area contributed by atoms with Gasteiger partial charge in [-0.25, -0.2) is 0 Å². The number of nitrogens with zero attached hydrogens (tertiary/aromatic N) is 2. The van der Waals surface area contributed by atoms with Crippen LogP contribution in [0.2, 0.25) is 0 Å². The first kappa shape index (κ1) is 16.6. The number of amides is 1. The highest BCUT2D eigenvalue weighted by atomic mass is 32.2. The van der Waals surface area contributed by atoms with Crippen LogP contribution in [-0.2, 0) is 9.59 Å². The molecule has 7 heteroatoms. The van der Waals surface area contributed by atoms with Crippen molar-refractivity contribution < 1.29 is 14.7 Å². The van der Waals surface area contributed by atoms with Crippen LogP contribution in [0, 0.1) is 0 Å². The van der Waals surface area contributed by atoms with E-state index in [0.717, 1.165) is 18.4 Å². The molecule has 0 atom stereocenters. The minimum absolute atomic E-state index is 0.0860. The van der Waals surface area contributed by atoms with E-state index in [4.69, 9.17) is 17.3 Å². The lowest BCUT2D eigenvalue weighted by molar-refractivity contribution is -0.137. The Morgan fingerprint density at radius 3 is 2.91 bits per heavy atom. The fourth-order valence-corrected chi connectivity index (χ4v) is 3.34. The highest BCUT2D eigenvalue weighted by molar-refractivity contribution is 8.26. The largest absolute Gasteiger partial charge is 0.481 e. The molecule has 5 nitrogen and oxygen atoms in total. The van der Waals surface area contributed by atoms with Gasteiger partial charge in [0.1, 0.15) is 4.32 Å². The molecule has 1 aliphatic heterocycles. The van der Waals surface area contributed by atoms with Crippen LogP contribution in [0.1, 0.15) is 31.2 Å². The maximum Gasteiger partial charge on any atom is 0.303 e. The van der Waals surface area contributed by atoms with E-state index in [-0.39, 0.29) is 12.3 Å². The van der Waals surface area contributed by atoms with Crippen molar-refractivity contribution in [3.8, 4) is 0 Å². The molecule has 1 amide bonds. The molecule has 0 saturated carbocycles. The van der Waals surface area contributed by atoms with E-state index >= 15 is 0 Å². The molecule has 1 N–H and O–H groups in total. The smallest absolute Gasteiger partial charge is 0.303 e. The number of carbonyl (C=O) groups is 2. The Labute approximate surface area is 138 Å². The molecule has 1 aromatic heterocycles. The predicted molar refractivity (Wildman–Crippen MR) is 90.2 cm³/mol. The maximum absolute atomic E-state index is 12.3. The second-order valence-corrected chi connectivity index (χ2v) is 6.50. The molecule has 1 aromatic rings. The van der Waals surface area contributed by atoms with Gasteiger partial charge in [-0.15, -0.1) is 0 Å². The van der Waals surface area contributed by atoms with Gasteiger partial charge in [-0.3, -0.25) is 19.5 Å². The van der Waals surface area contributed by atoms with Gasteiger partial charge in [0.25, 0.3) is 5.91 Å². The third kappa shape index (κ3) is 4.64. The van der Waals surface area contributed by atoms with E-state index in [1.165, 1.54) is 11.8 Å². The summed E-state index contributed by atoms with van der Waals surface area (Å²) in [5.41, 5.74) is 0.865. The first-order valence-electron chi connectivity index (χ1n) is 6.95. The van der Waals surface area contributed by atoms with Crippen LogP contribution in [0.4, 0.5) is 0 Å². The normalized spacial score (nSPS) is 16.5. The summed E-state index contributed by atoms with van der Waals surface area (Å²) in [4.78, 5) is 29.0. The molecule has 2 heterocycles. The van der Waals surface area contributed by atoms with Crippen molar-refractivity contribution in [3.63, 3.8) is 0 Å². The second kappa shape index (κ2) is 8.05. The number of unbranched alkanes of at least 4 members (excludes halogenated alkanes) is 2. The summed E-state index contributed by atoms with van der Waals surface area (Å²) in [5, 5.41) is 8.58. The van der Waals surface area contributed by atoms with Crippen molar-refractivity contribution >= 4 is 46.3 Å². The van der Waals surface area contributed by atoms with E-state index in [9.17, 15) is 9.59 Å². The summed E-state index contributed by atoms with van der Waals surface area (Å²) < 4.78 is 0.554. The monoisotopic (exact) mass is 336 g/mol. The maximum atomic E-state index is 12.3. The number of aromatic nitrogens is 1. The second-order valence-electron chi connectivity index (χ2n) is 4.82. The Morgan fingerprint density at radius 1 is 1.41 bits per heavy atom. The number of carboxylic acid groups (broad SMARTS) is 1. The highest BCUT2D eigenvalue weighted by Gasteiger charge is 2.31. The van der Waals surface area contributed by atoms with Crippen LogP contribution in [0.25, 0.3) is 6.08 Å². The van der Waals surface area contributed by atoms with Gasteiger partial charge in [0.05, 0.1) is 4.91 Å². The molecule has 0 bridgehead atoms.